The molecule has 2 heterocycles. The second-order valence-corrected chi connectivity index (χ2v) is 7.61. The molecule has 0 radical (unpaired) electrons. The van der Waals surface area contributed by atoms with Crippen molar-refractivity contribution in [2.75, 3.05) is 12.5 Å². The third-order valence-electron chi connectivity index (χ3n) is 4.07. The Kier molecular flexibility index (Phi) is 4.79. The highest BCUT2D eigenvalue weighted by atomic mass is 79.9. The number of aromatic amines is 1. The zero-order valence-electron chi connectivity index (χ0n) is 14.4. The van der Waals surface area contributed by atoms with Crippen molar-refractivity contribution >= 4 is 66.1 Å². The van der Waals surface area contributed by atoms with E-state index in [0.29, 0.717) is 17.3 Å². The van der Waals surface area contributed by atoms with Gasteiger partial charge >= 0.3 is 0 Å². The van der Waals surface area contributed by atoms with Crippen LogP contribution < -0.4 is 10.2 Å². The number of fused-ring (bicyclic) bond motifs is 3. The lowest BCUT2D eigenvalue weighted by molar-refractivity contribution is 0.411. The molecular weight excluding hydrogens is 476 g/mol. The van der Waals surface area contributed by atoms with Crippen LogP contribution in [0.3, 0.4) is 0 Å². The summed E-state index contributed by atoms with van der Waals surface area (Å²) in [7, 11) is 1.61. The Hall–Kier alpha value is -2.52. The first-order valence-electron chi connectivity index (χ1n) is 8.00. The number of aromatic nitrogens is 4. The largest absolute Gasteiger partial charge is 0.495 e. The molecule has 136 valence electrons. The van der Waals surface area contributed by atoms with Gasteiger partial charge in [-0.3, -0.25) is 0 Å². The molecule has 4 rings (SSSR count). The number of H-pyrrole nitrogens is 1. The molecule has 0 aliphatic rings. The molecule has 0 atom stereocenters. The van der Waals surface area contributed by atoms with Gasteiger partial charge in [-0.2, -0.15) is 10.1 Å². The minimum absolute atomic E-state index is 0.302. The van der Waals surface area contributed by atoms with Crippen molar-refractivity contribution in [1.82, 2.24) is 20.2 Å². The first kappa shape index (κ1) is 17.9. The average Bonchev–Trinajstić information content (AvgIpc) is 3.01. The molecule has 0 saturated heterocycles. The van der Waals surface area contributed by atoms with E-state index in [1.165, 1.54) is 0 Å². The fourth-order valence-corrected chi connectivity index (χ4v) is 4.26. The Labute approximate surface area is 171 Å². The summed E-state index contributed by atoms with van der Waals surface area (Å²) >= 11 is 6.93. The van der Waals surface area contributed by atoms with Crippen LogP contribution in [0.15, 0.2) is 44.4 Å². The van der Waals surface area contributed by atoms with Gasteiger partial charge in [0, 0.05) is 15.4 Å². The van der Waals surface area contributed by atoms with Gasteiger partial charge in [-0.05, 0) is 40.5 Å². The van der Waals surface area contributed by atoms with Crippen molar-refractivity contribution in [1.29, 1.82) is 0 Å². The highest BCUT2D eigenvalue weighted by Crippen LogP contribution is 2.31. The molecule has 2 aromatic heterocycles. The lowest BCUT2D eigenvalue weighted by Gasteiger charge is -2.07. The summed E-state index contributed by atoms with van der Waals surface area (Å²) in [6, 6.07) is 9.84. The van der Waals surface area contributed by atoms with Crippen molar-refractivity contribution in [3.8, 4) is 5.75 Å². The first-order valence-corrected chi connectivity index (χ1v) is 9.59. The molecular formula is C18H14Br2N6O. The van der Waals surface area contributed by atoms with E-state index in [1.807, 2.05) is 37.3 Å². The van der Waals surface area contributed by atoms with E-state index in [9.17, 15) is 0 Å². The summed E-state index contributed by atoms with van der Waals surface area (Å²) in [6.07, 6.45) is 1.64. The predicted molar refractivity (Wildman–Crippen MR) is 114 cm³/mol. The maximum absolute atomic E-state index is 5.40. The quantitative estimate of drug-likeness (QED) is 0.317. The van der Waals surface area contributed by atoms with E-state index in [1.54, 1.807) is 13.3 Å². The van der Waals surface area contributed by atoms with Crippen LogP contribution in [0.5, 0.6) is 5.75 Å². The van der Waals surface area contributed by atoms with E-state index in [2.05, 4.69) is 62.6 Å². The van der Waals surface area contributed by atoms with Crippen molar-refractivity contribution in [2.24, 2.45) is 5.10 Å². The van der Waals surface area contributed by atoms with Crippen LogP contribution in [0.1, 0.15) is 11.1 Å². The van der Waals surface area contributed by atoms with Gasteiger partial charge in [0.2, 0.25) is 0 Å². The van der Waals surface area contributed by atoms with Crippen LogP contribution in [-0.2, 0) is 0 Å². The van der Waals surface area contributed by atoms with Gasteiger partial charge in [0.25, 0.3) is 5.95 Å². The molecule has 9 heteroatoms. The summed E-state index contributed by atoms with van der Waals surface area (Å²) in [6.45, 7) is 2.04. The zero-order chi connectivity index (χ0) is 19.0. The molecule has 4 aromatic rings. The molecule has 0 saturated carbocycles. The minimum atomic E-state index is 0.302. The maximum Gasteiger partial charge on any atom is 0.265 e. The smallest absolute Gasteiger partial charge is 0.265 e. The number of anilines is 1. The molecule has 0 unspecified atom stereocenters. The van der Waals surface area contributed by atoms with E-state index < -0.39 is 0 Å². The summed E-state index contributed by atoms with van der Waals surface area (Å²) in [4.78, 5) is 7.75. The maximum atomic E-state index is 5.40. The number of hydrogen-bond acceptors (Lipinski definition) is 6. The highest BCUT2D eigenvalue weighted by Gasteiger charge is 2.10. The molecule has 7 nitrogen and oxygen atoms in total. The Morgan fingerprint density at radius 3 is 2.89 bits per heavy atom. The van der Waals surface area contributed by atoms with Crippen LogP contribution in [0.25, 0.3) is 22.1 Å². The number of methoxy groups -OCH3 is 1. The van der Waals surface area contributed by atoms with E-state index in [-0.39, 0.29) is 0 Å². The van der Waals surface area contributed by atoms with Crippen LogP contribution >= 0.6 is 31.9 Å². The van der Waals surface area contributed by atoms with E-state index in [0.717, 1.165) is 36.5 Å². The van der Waals surface area contributed by atoms with Gasteiger partial charge < -0.3 is 9.72 Å². The topological polar surface area (TPSA) is 88.1 Å². The third-order valence-corrected chi connectivity index (χ3v) is 5.11. The SMILES string of the molecule is COc1c(Br)cc(Br)cc1/C=N\Nc1nnc2c(n1)[nH]c1c(C)cccc12. The molecule has 27 heavy (non-hydrogen) atoms. The molecule has 0 amide bonds. The molecule has 0 aliphatic carbocycles. The number of nitrogens with zero attached hydrogens (tertiary/aromatic N) is 4. The fourth-order valence-electron chi connectivity index (χ4n) is 2.84. The van der Waals surface area contributed by atoms with Crippen molar-refractivity contribution in [3.05, 3.63) is 50.4 Å². The Morgan fingerprint density at radius 2 is 2.07 bits per heavy atom. The number of para-hydroxylation sites is 1. The average molecular weight is 490 g/mol. The van der Waals surface area contributed by atoms with E-state index in [4.69, 9.17) is 4.74 Å². The number of benzene rings is 2. The normalized spacial score (nSPS) is 11.6. The van der Waals surface area contributed by atoms with Crippen LogP contribution in [0.2, 0.25) is 0 Å². The van der Waals surface area contributed by atoms with Crippen LogP contribution in [-0.4, -0.2) is 33.5 Å². The van der Waals surface area contributed by atoms with Crippen LogP contribution in [0, 0.1) is 6.92 Å². The van der Waals surface area contributed by atoms with Gasteiger partial charge in [-0.1, -0.05) is 34.1 Å². The summed E-state index contributed by atoms with van der Waals surface area (Å²) in [5, 5.41) is 13.6. The highest BCUT2D eigenvalue weighted by molar-refractivity contribution is 9.11. The monoisotopic (exact) mass is 488 g/mol. The standard InChI is InChI=1S/C18H14Br2N6O/c1-9-4-3-5-12-14(9)22-17-15(12)24-26-18(23-17)25-21-8-10-6-11(19)7-13(20)16(10)27-2/h3-8H,1-2H3,(H2,22,23,25,26)/b21-8-. The minimum Gasteiger partial charge on any atom is -0.495 e. The van der Waals surface area contributed by atoms with Gasteiger partial charge in [-0.15, -0.1) is 10.2 Å². The second-order valence-electron chi connectivity index (χ2n) is 5.84. The van der Waals surface area contributed by atoms with Crippen molar-refractivity contribution in [2.45, 2.75) is 6.92 Å². The third kappa shape index (κ3) is 3.40. The van der Waals surface area contributed by atoms with Gasteiger partial charge in [0.15, 0.2) is 5.65 Å². The number of rotatable bonds is 4. The number of ether oxygens (including phenoxy) is 1. The Bertz CT molecular complexity index is 1190. The molecule has 0 fully saturated rings. The Balaban J connectivity index is 1.64. The zero-order valence-corrected chi connectivity index (χ0v) is 17.6. The van der Waals surface area contributed by atoms with Crippen molar-refractivity contribution in [3.63, 3.8) is 0 Å². The molecule has 0 spiro atoms. The number of nitrogens with one attached hydrogen (secondary N) is 2. The fraction of sp³-hybridized carbons (Fsp3) is 0.111. The summed E-state index contributed by atoms with van der Waals surface area (Å²) in [5.41, 5.74) is 7.15. The summed E-state index contributed by atoms with van der Waals surface area (Å²) < 4.78 is 7.14. The van der Waals surface area contributed by atoms with E-state index >= 15 is 0 Å². The second kappa shape index (κ2) is 7.24. The summed E-state index contributed by atoms with van der Waals surface area (Å²) in [5.74, 6) is 0.986. The van der Waals surface area contributed by atoms with Gasteiger partial charge in [-0.25, -0.2) is 5.43 Å². The molecule has 0 bridgehead atoms. The van der Waals surface area contributed by atoms with Gasteiger partial charge in [0.05, 0.1) is 23.3 Å². The number of hydrogen-bond donors (Lipinski definition) is 2. The predicted octanol–water partition coefficient (Wildman–Crippen LogP) is 4.79. The Morgan fingerprint density at radius 1 is 1.22 bits per heavy atom. The molecule has 0 aliphatic heterocycles. The van der Waals surface area contributed by atoms with Crippen LogP contribution in [0.4, 0.5) is 5.95 Å². The first-order chi connectivity index (χ1) is 13.1. The molecule has 2 N–H and O–H groups in total. The lowest BCUT2D eigenvalue weighted by atomic mass is 10.1. The van der Waals surface area contributed by atoms with Gasteiger partial charge in [0.1, 0.15) is 11.3 Å². The number of aryl methyl sites for hydroxylation is 1. The van der Waals surface area contributed by atoms with Crippen molar-refractivity contribution < 1.29 is 4.74 Å². The number of hydrazone groups is 1. The number of halogens is 2. The molecule has 2 aromatic carbocycles. The lowest BCUT2D eigenvalue weighted by Crippen LogP contribution is -2.00.